The molecule has 0 fully saturated rings. The molecule has 0 spiro atoms. The van der Waals surface area contributed by atoms with Crippen LogP contribution < -0.4 is 0 Å². The lowest BCUT2D eigenvalue weighted by Gasteiger charge is -2.16. The summed E-state index contributed by atoms with van der Waals surface area (Å²) in [6.45, 7) is 3.98. The Morgan fingerprint density at radius 2 is 2.20 bits per heavy atom. The molecule has 0 unspecified atom stereocenters. The van der Waals surface area contributed by atoms with E-state index in [0.717, 1.165) is 18.8 Å². The van der Waals surface area contributed by atoms with Crippen molar-refractivity contribution in [3.63, 3.8) is 0 Å². The zero-order chi connectivity index (χ0) is 11.1. The fourth-order valence-electron chi connectivity index (χ4n) is 1.52. The molecule has 3 nitrogen and oxygen atoms in total. The molecule has 0 saturated heterocycles. The fourth-order valence-corrected chi connectivity index (χ4v) is 1.52. The van der Waals surface area contributed by atoms with Gasteiger partial charge in [0.25, 0.3) is 0 Å². The number of hydrogen-bond acceptors (Lipinski definition) is 3. The van der Waals surface area contributed by atoms with Gasteiger partial charge in [-0.1, -0.05) is 19.8 Å². The van der Waals surface area contributed by atoms with Crippen LogP contribution in [0, 0.1) is 0 Å². The van der Waals surface area contributed by atoms with E-state index in [-0.39, 0.29) is 0 Å². The Kier molecular flexibility index (Phi) is 5.12. The second kappa shape index (κ2) is 6.40. The van der Waals surface area contributed by atoms with Crippen molar-refractivity contribution >= 4 is 0 Å². The van der Waals surface area contributed by atoms with E-state index in [1.54, 1.807) is 18.3 Å². The summed E-state index contributed by atoms with van der Waals surface area (Å²) in [5.41, 5.74) is 0.761. The lowest BCUT2D eigenvalue weighted by atomic mass is 10.2. The van der Waals surface area contributed by atoms with Gasteiger partial charge in [-0.2, -0.15) is 0 Å². The number of rotatable bonds is 6. The number of nitrogens with zero attached hydrogens (tertiary/aromatic N) is 2. The zero-order valence-corrected chi connectivity index (χ0v) is 9.61. The molecule has 0 aromatic carbocycles. The van der Waals surface area contributed by atoms with E-state index in [4.69, 9.17) is 0 Å². The molecule has 3 heteroatoms. The number of unbranched alkanes of at least 4 members (excludes halogenated alkanes) is 2. The highest BCUT2D eigenvalue weighted by atomic mass is 16.3. The van der Waals surface area contributed by atoms with Gasteiger partial charge < -0.3 is 10.0 Å². The molecule has 1 heterocycles. The first-order chi connectivity index (χ1) is 7.24. The number of hydrogen-bond donors (Lipinski definition) is 1. The SMILES string of the molecule is CCCCCN(C)Cc1ncccc1O. The molecule has 0 bridgehead atoms. The standard InChI is InChI=1S/C12H20N2O/c1-3-4-5-9-14(2)10-11-12(15)7-6-8-13-11/h6-8,15H,3-5,9-10H2,1-2H3. The largest absolute Gasteiger partial charge is 0.506 e. The summed E-state index contributed by atoms with van der Waals surface area (Å²) < 4.78 is 0. The van der Waals surface area contributed by atoms with Crippen molar-refractivity contribution in [1.29, 1.82) is 0 Å². The Balaban J connectivity index is 2.37. The zero-order valence-electron chi connectivity index (χ0n) is 9.61. The highest BCUT2D eigenvalue weighted by Gasteiger charge is 2.04. The maximum absolute atomic E-state index is 9.54. The van der Waals surface area contributed by atoms with E-state index in [1.807, 2.05) is 0 Å². The maximum atomic E-state index is 9.54. The van der Waals surface area contributed by atoms with Gasteiger partial charge in [-0.05, 0) is 32.1 Å². The number of pyridine rings is 1. The van der Waals surface area contributed by atoms with Gasteiger partial charge in [0.2, 0.25) is 0 Å². The van der Waals surface area contributed by atoms with Crippen molar-refractivity contribution in [2.75, 3.05) is 13.6 Å². The molecule has 84 valence electrons. The second-order valence-corrected chi connectivity index (χ2v) is 3.91. The molecule has 1 aromatic rings. The molecule has 0 atom stereocenters. The van der Waals surface area contributed by atoms with Crippen LogP contribution in [0.25, 0.3) is 0 Å². The Bertz CT molecular complexity index is 289. The smallest absolute Gasteiger partial charge is 0.138 e. The molecule has 0 aliphatic carbocycles. The van der Waals surface area contributed by atoms with E-state index < -0.39 is 0 Å². The average Bonchev–Trinajstić information content (AvgIpc) is 2.22. The van der Waals surface area contributed by atoms with E-state index in [9.17, 15) is 5.11 Å². The van der Waals surface area contributed by atoms with Crippen LogP contribution in [0.1, 0.15) is 31.9 Å². The predicted octanol–water partition coefficient (Wildman–Crippen LogP) is 2.41. The minimum Gasteiger partial charge on any atom is -0.506 e. The first kappa shape index (κ1) is 12.0. The lowest BCUT2D eigenvalue weighted by Crippen LogP contribution is -2.19. The van der Waals surface area contributed by atoms with Crippen LogP contribution in [-0.4, -0.2) is 28.6 Å². The number of aromatic nitrogens is 1. The van der Waals surface area contributed by atoms with Gasteiger partial charge in [0.15, 0.2) is 0 Å². The summed E-state index contributed by atoms with van der Waals surface area (Å²) >= 11 is 0. The third-order valence-corrected chi connectivity index (χ3v) is 2.43. The molecule has 0 aliphatic rings. The van der Waals surface area contributed by atoms with E-state index in [0.29, 0.717) is 5.75 Å². The molecule has 0 radical (unpaired) electrons. The highest BCUT2D eigenvalue weighted by molar-refractivity contribution is 5.24. The minimum atomic E-state index is 0.292. The van der Waals surface area contributed by atoms with Crippen LogP contribution in [0.2, 0.25) is 0 Å². The van der Waals surface area contributed by atoms with Crippen molar-refractivity contribution in [3.8, 4) is 5.75 Å². The van der Waals surface area contributed by atoms with Crippen molar-refractivity contribution in [3.05, 3.63) is 24.0 Å². The Morgan fingerprint density at radius 3 is 2.87 bits per heavy atom. The number of aromatic hydroxyl groups is 1. The first-order valence-electron chi connectivity index (χ1n) is 5.55. The van der Waals surface area contributed by atoms with Crippen LogP contribution in [0.5, 0.6) is 5.75 Å². The summed E-state index contributed by atoms with van der Waals surface area (Å²) in [5.74, 6) is 0.292. The Morgan fingerprint density at radius 1 is 1.40 bits per heavy atom. The van der Waals surface area contributed by atoms with E-state index >= 15 is 0 Å². The summed E-state index contributed by atoms with van der Waals surface area (Å²) in [6, 6.07) is 3.43. The van der Waals surface area contributed by atoms with Gasteiger partial charge in [-0.15, -0.1) is 0 Å². The molecule has 0 saturated carbocycles. The molecule has 15 heavy (non-hydrogen) atoms. The van der Waals surface area contributed by atoms with Gasteiger partial charge in [0, 0.05) is 12.7 Å². The Hall–Kier alpha value is -1.09. The van der Waals surface area contributed by atoms with E-state index in [1.165, 1.54) is 19.3 Å². The van der Waals surface area contributed by atoms with Gasteiger partial charge in [0.05, 0.1) is 5.69 Å². The van der Waals surface area contributed by atoms with Crippen molar-refractivity contribution < 1.29 is 5.11 Å². The Labute approximate surface area is 91.8 Å². The van der Waals surface area contributed by atoms with E-state index in [2.05, 4.69) is 23.9 Å². The van der Waals surface area contributed by atoms with Crippen LogP contribution in [0.4, 0.5) is 0 Å². The molecule has 1 rings (SSSR count). The quantitative estimate of drug-likeness (QED) is 0.729. The average molecular weight is 208 g/mol. The van der Waals surface area contributed by atoms with Gasteiger partial charge in [-0.3, -0.25) is 4.98 Å². The molecular formula is C12H20N2O. The highest BCUT2D eigenvalue weighted by Crippen LogP contribution is 2.14. The van der Waals surface area contributed by atoms with Gasteiger partial charge in [-0.25, -0.2) is 0 Å². The third kappa shape index (κ3) is 4.30. The van der Waals surface area contributed by atoms with Crippen LogP contribution in [0.3, 0.4) is 0 Å². The van der Waals surface area contributed by atoms with Crippen LogP contribution >= 0.6 is 0 Å². The molecule has 0 aliphatic heterocycles. The molecule has 0 amide bonds. The second-order valence-electron chi connectivity index (χ2n) is 3.91. The van der Waals surface area contributed by atoms with Gasteiger partial charge >= 0.3 is 0 Å². The normalized spacial score (nSPS) is 10.9. The minimum absolute atomic E-state index is 0.292. The van der Waals surface area contributed by atoms with Crippen LogP contribution in [-0.2, 0) is 6.54 Å². The maximum Gasteiger partial charge on any atom is 0.138 e. The lowest BCUT2D eigenvalue weighted by molar-refractivity contribution is 0.308. The molecule has 1 N–H and O–H groups in total. The summed E-state index contributed by atoms with van der Waals surface area (Å²) in [5, 5.41) is 9.54. The monoisotopic (exact) mass is 208 g/mol. The first-order valence-corrected chi connectivity index (χ1v) is 5.55. The third-order valence-electron chi connectivity index (χ3n) is 2.43. The van der Waals surface area contributed by atoms with Crippen LogP contribution in [0.15, 0.2) is 18.3 Å². The van der Waals surface area contributed by atoms with Crippen molar-refractivity contribution in [1.82, 2.24) is 9.88 Å². The predicted molar refractivity (Wildman–Crippen MR) is 61.8 cm³/mol. The summed E-state index contributed by atoms with van der Waals surface area (Å²) in [4.78, 5) is 6.35. The molecular weight excluding hydrogens is 188 g/mol. The topological polar surface area (TPSA) is 36.4 Å². The summed E-state index contributed by atoms with van der Waals surface area (Å²) in [6.07, 6.45) is 5.43. The van der Waals surface area contributed by atoms with Crippen molar-refractivity contribution in [2.24, 2.45) is 0 Å². The van der Waals surface area contributed by atoms with Crippen molar-refractivity contribution in [2.45, 2.75) is 32.7 Å². The fraction of sp³-hybridized carbons (Fsp3) is 0.583. The summed E-state index contributed by atoms with van der Waals surface area (Å²) in [7, 11) is 2.06. The molecule has 1 aromatic heterocycles. The van der Waals surface area contributed by atoms with Gasteiger partial charge in [0.1, 0.15) is 5.75 Å².